The molecule has 4 N–H and O–H groups in total. The molecule has 0 fully saturated rings. The molecule has 0 aliphatic carbocycles. The van der Waals surface area contributed by atoms with Crippen molar-refractivity contribution in [3.63, 3.8) is 0 Å². The van der Waals surface area contributed by atoms with Gasteiger partial charge in [-0.1, -0.05) is 12.1 Å². The van der Waals surface area contributed by atoms with Crippen molar-refractivity contribution in [1.82, 2.24) is 14.9 Å². The maximum atomic E-state index is 12.6. The van der Waals surface area contributed by atoms with Gasteiger partial charge in [-0.05, 0) is 23.8 Å². The number of nitrogens with two attached hydrogens (primary N) is 1. The van der Waals surface area contributed by atoms with Crippen molar-refractivity contribution < 1.29 is 19.8 Å². The molecule has 2 aromatic rings. The van der Waals surface area contributed by atoms with Crippen LogP contribution in [0.1, 0.15) is 11.3 Å². The third kappa shape index (κ3) is 3.78. The Balaban J connectivity index is 1.90. The van der Waals surface area contributed by atoms with Gasteiger partial charge in [-0.15, -0.1) is 0 Å². The smallest absolute Gasteiger partial charge is 0.278 e. The summed E-state index contributed by atoms with van der Waals surface area (Å²) in [6, 6.07) is 5.45. The second-order valence-corrected chi connectivity index (χ2v) is 5.74. The molecule has 0 radical (unpaired) electrons. The maximum absolute atomic E-state index is 12.6. The number of phenols is 1. The number of carbonyl (C=O) groups excluding carboxylic acids is 2. The van der Waals surface area contributed by atoms with Gasteiger partial charge in [0.05, 0.1) is 24.9 Å². The standard InChI is InChI=1S/C17H17N5O4/c18-13(6-11-7-19-9-20-11)16-21-14(17(26)22(16)8-15(24)25)5-10-1-3-12(23)4-2-10/h1-5,7,9,13,23H,6,8,18H2,(H,19,20)(H,24,25)/p-1/t13-/m0/s1. The highest BCUT2D eigenvalue weighted by atomic mass is 16.4. The van der Waals surface area contributed by atoms with Gasteiger partial charge in [0.15, 0.2) is 0 Å². The number of aliphatic carboxylic acids is 1. The molecule has 9 heteroatoms. The van der Waals surface area contributed by atoms with Gasteiger partial charge in [0.25, 0.3) is 5.91 Å². The quantitative estimate of drug-likeness (QED) is 0.568. The predicted octanol–water partition coefficient (Wildman–Crippen LogP) is -0.983. The normalized spacial score (nSPS) is 16.8. The minimum Gasteiger partial charge on any atom is -0.548 e. The van der Waals surface area contributed by atoms with E-state index in [0.717, 1.165) is 10.6 Å². The summed E-state index contributed by atoms with van der Waals surface area (Å²) in [6.07, 6.45) is 4.90. The van der Waals surface area contributed by atoms with Crippen LogP contribution >= 0.6 is 0 Å². The number of nitrogens with zero attached hydrogens (tertiary/aromatic N) is 3. The molecule has 26 heavy (non-hydrogen) atoms. The number of carboxylic acids is 1. The van der Waals surface area contributed by atoms with Crippen LogP contribution in [0.3, 0.4) is 0 Å². The Hall–Kier alpha value is -3.46. The highest BCUT2D eigenvalue weighted by Crippen LogP contribution is 2.21. The lowest BCUT2D eigenvalue weighted by Gasteiger charge is -2.22. The number of nitrogens with one attached hydrogen (secondary N) is 1. The van der Waals surface area contributed by atoms with Crippen molar-refractivity contribution in [3.8, 4) is 5.75 Å². The minimum atomic E-state index is -1.41. The van der Waals surface area contributed by atoms with Crippen molar-refractivity contribution in [3.05, 3.63) is 53.7 Å². The third-order valence-electron chi connectivity index (χ3n) is 3.79. The first-order chi connectivity index (χ1) is 12.4. The minimum absolute atomic E-state index is 0.0620. The summed E-state index contributed by atoms with van der Waals surface area (Å²) in [7, 11) is 0. The highest BCUT2D eigenvalue weighted by Gasteiger charge is 2.33. The first kappa shape index (κ1) is 17.4. The van der Waals surface area contributed by atoms with Gasteiger partial charge in [-0.2, -0.15) is 0 Å². The predicted molar refractivity (Wildman–Crippen MR) is 90.5 cm³/mol. The van der Waals surface area contributed by atoms with Crippen LogP contribution < -0.4 is 10.8 Å². The number of hydrogen-bond donors (Lipinski definition) is 3. The molecule has 9 nitrogen and oxygen atoms in total. The molecule has 0 bridgehead atoms. The van der Waals surface area contributed by atoms with Crippen LogP contribution in [0, 0.1) is 0 Å². The topological polar surface area (TPSA) is 148 Å². The number of carboxylic acid groups (broad SMARTS) is 1. The Labute approximate surface area is 148 Å². The number of amides is 1. The summed E-state index contributed by atoms with van der Waals surface area (Å²) < 4.78 is 0. The fraction of sp³-hybridized carbons (Fsp3) is 0.176. The fourth-order valence-electron chi connectivity index (χ4n) is 2.59. The van der Waals surface area contributed by atoms with Gasteiger partial charge < -0.3 is 25.7 Å². The SMILES string of the molecule is N[C@@H](Cc1cnc[nH]1)C1=NC(=Cc2ccc(O)cc2)C(=O)N1CC(=O)[O-]. The number of hydrogen-bond acceptors (Lipinski definition) is 7. The lowest BCUT2D eigenvalue weighted by Crippen LogP contribution is -2.49. The Bertz CT molecular complexity index is 871. The number of amidine groups is 1. The van der Waals surface area contributed by atoms with E-state index in [4.69, 9.17) is 5.73 Å². The van der Waals surface area contributed by atoms with Gasteiger partial charge in [0.1, 0.15) is 17.3 Å². The molecule has 1 aromatic carbocycles. The summed E-state index contributed by atoms with van der Waals surface area (Å²) in [5.41, 5.74) is 7.55. The fourth-order valence-corrected chi connectivity index (χ4v) is 2.59. The number of carbonyl (C=O) groups is 2. The molecule has 1 aromatic heterocycles. The van der Waals surface area contributed by atoms with Crippen LogP contribution in [0.5, 0.6) is 5.75 Å². The number of phenolic OH excluding ortho intramolecular Hbond substituents is 1. The van der Waals surface area contributed by atoms with Gasteiger partial charge >= 0.3 is 0 Å². The molecule has 3 rings (SSSR count). The monoisotopic (exact) mass is 354 g/mol. The summed E-state index contributed by atoms with van der Waals surface area (Å²) in [5.74, 6) is -1.74. The Morgan fingerprint density at radius 1 is 1.38 bits per heavy atom. The second kappa shape index (κ2) is 7.19. The largest absolute Gasteiger partial charge is 0.548 e. The summed E-state index contributed by atoms with van der Waals surface area (Å²) >= 11 is 0. The van der Waals surface area contributed by atoms with Crippen LogP contribution in [-0.2, 0) is 16.0 Å². The van der Waals surface area contributed by atoms with E-state index in [0.29, 0.717) is 12.0 Å². The first-order valence-electron chi connectivity index (χ1n) is 7.78. The van der Waals surface area contributed by atoms with E-state index >= 15 is 0 Å². The maximum Gasteiger partial charge on any atom is 0.278 e. The average Bonchev–Trinajstić information content (AvgIpc) is 3.20. The molecule has 0 spiro atoms. The van der Waals surface area contributed by atoms with Gasteiger partial charge in [-0.25, -0.2) is 9.98 Å². The van der Waals surface area contributed by atoms with Gasteiger partial charge in [-0.3, -0.25) is 9.69 Å². The number of benzene rings is 1. The van der Waals surface area contributed by atoms with Crippen molar-refractivity contribution in [2.24, 2.45) is 10.7 Å². The molecular weight excluding hydrogens is 338 g/mol. The van der Waals surface area contributed by atoms with E-state index in [1.807, 2.05) is 0 Å². The lowest BCUT2D eigenvalue weighted by molar-refractivity contribution is -0.305. The zero-order valence-corrected chi connectivity index (χ0v) is 13.6. The first-order valence-corrected chi connectivity index (χ1v) is 7.78. The molecule has 2 heterocycles. The number of H-pyrrole nitrogens is 1. The molecule has 1 aliphatic rings. The van der Waals surface area contributed by atoms with E-state index in [-0.39, 0.29) is 17.3 Å². The van der Waals surface area contributed by atoms with E-state index in [2.05, 4.69) is 15.0 Å². The van der Waals surface area contributed by atoms with Crippen molar-refractivity contribution in [1.29, 1.82) is 0 Å². The molecule has 134 valence electrons. The van der Waals surface area contributed by atoms with Gasteiger partial charge in [0.2, 0.25) is 0 Å². The molecular formula is C17H16N5O4-. The number of aromatic amines is 1. The Morgan fingerprint density at radius 2 is 2.12 bits per heavy atom. The number of imidazole rings is 1. The van der Waals surface area contributed by atoms with E-state index in [1.54, 1.807) is 18.3 Å². The molecule has 1 atom stereocenters. The van der Waals surface area contributed by atoms with E-state index in [9.17, 15) is 19.8 Å². The van der Waals surface area contributed by atoms with E-state index in [1.165, 1.54) is 24.5 Å². The Kier molecular flexibility index (Phi) is 4.81. The van der Waals surface area contributed by atoms with E-state index < -0.39 is 24.5 Å². The van der Waals surface area contributed by atoms with Crippen molar-refractivity contribution in [2.45, 2.75) is 12.5 Å². The zero-order valence-electron chi connectivity index (χ0n) is 13.6. The summed E-state index contributed by atoms with van der Waals surface area (Å²) in [6.45, 7) is -0.638. The zero-order chi connectivity index (χ0) is 18.7. The average molecular weight is 354 g/mol. The molecule has 1 aliphatic heterocycles. The van der Waals surface area contributed by atoms with Crippen LogP contribution in [0.4, 0.5) is 0 Å². The molecule has 0 saturated heterocycles. The van der Waals surface area contributed by atoms with Crippen LogP contribution in [-0.4, -0.2) is 50.3 Å². The number of rotatable bonds is 6. The van der Waals surface area contributed by atoms with Crippen molar-refractivity contribution in [2.75, 3.05) is 6.54 Å². The van der Waals surface area contributed by atoms with Gasteiger partial charge in [0, 0.05) is 18.3 Å². The summed E-state index contributed by atoms with van der Waals surface area (Å²) in [4.78, 5) is 35.6. The van der Waals surface area contributed by atoms with Crippen LogP contribution in [0.15, 0.2) is 47.5 Å². The van der Waals surface area contributed by atoms with Crippen LogP contribution in [0.2, 0.25) is 0 Å². The summed E-state index contributed by atoms with van der Waals surface area (Å²) in [5, 5.41) is 20.4. The number of aliphatic imine (C=N–C) groups is 1. The highest BCUT2D eigenvalue weighted by molar-refractivity contribution is 6.16. The molecule has 0 unspecified atom stereocenters. The Morgan fingerprint density at radius 3 is 2.73 bits per heavy atom. The number of aromatic hydroxyl groups is 1. The molecule has 1 amide bonds. The van der Waals surface area contributed by atoms with Crippen LogP contribution in [0.25, 0.3) is 6.08 Å². The lowest BCUT2D eigenvalue weighted by atomic mass is 10.1. The second-order valence-electron chi connectivity index (χ2n) is 5.74. The molecule has 0 saturated carbocycles. The van der Waals surface area contributed by atoms with Crippen molar-refractivity contribution >= 4 is 23.8 Å². The number of aromatic nitrogens is 2. The third-order valence-corrected chi connectivity index (χ3v) is 3.79.